The minimum Gasteiger partial charge on any atom is -0.364 e. The van der Waals surface area contributed by atoms with Crippen LogP contribution in [0.25, 0.3) is 0 Å². The maximum Gasteiger partial charge on any atom is 0.332 e. The summed E-state index contributed by atoms with van der Waals surface area (Å²) in [5.41, 5.74) is -0.646. The number of nitrogens with zero attached hydrogens (tertiary/aromatic N) is 3. The molecule has 1 aromatic heterocycles. The Hall–Kier alpha value is -2.86. The van der Waals surface area contributed by atoms with Crippen molar-refractivity contribution in [3.05, 3.63) is 56.2 Å². The molecular weight excluding hydrogens is 344 g/mol. The molecule has 2 rings (SSSR count). The van der Waals surface area contributed by atoms with Crippen LogP contribution in [-0.4, -0.2) is 23.8 Å². The summed E-state index contributed by atoms with van der Waals surface area (Å²) in [7, 11) is -0.520. The summed E-state index contributed by atoms with van der Waals surface area (Å²) >= 11 is 0. The molecule has 0 amide bonds. The summed E-state index contributed by atoms with van der Waals surface area (Å²) in [6.45, 7) is 1.78. The van der Waals surface area contributed by atoms with Crippen molar-refractivity contribution >= 4 is 15.7 Å². The third-order valence-corrected chi connectivity index (χ3v) is 5.07. The first-order valence-electron chi connectivity index (χ1n) is 7.34. The van der Waals surface area contributed by atoms with Gasteiger partial charge < -0.3 is 5.32 Å². The Bertz CT molecular complexity index is 1070. The second kappa shape index (κ2) is 6.57. The highest BCUT2D eigenvalue weighted by atomic mass is 32.2. The van der Waals surface area contributed by atoms with Crippen LogP contribution in [0.3, 0.4) is 0 Å². The zero-order chi connectivity index (χ0) is 18.9. The zero-order valence-corrected chi connectivity index (χ0v) is 15.1. The lowest BCUT2D eigenvalue weighted by Gasteiger charge is -2.19. The second-order valence-corrected chi connectivity index (χ2v) is 7.76. The molecule has 0 saturated heterocycles. The summed E-state index contributed by atoms with van der Waals surface area (Å²) in [5.74, 6) is 0.121. The van der Waals surface area contributed by atoms with Gasteiger partial charge in [-0.05, 0) is 24.6 Å². The highest BCUT2D eigenvalue weighted by Crippen LogP contribution is 2.21. The normalized spacial score (nSPS) is 12.4. The summed E-state index contributed by atoms with van der Waals surface area (Å²) in [6.07, 6.45) is 1.12. The van der Waals surface area contributed by atoms with Gasteiger partial charge >= 0.3 is 5.69 Å². The van der Waals surface area contributed by atoms with Crippen LogP contribution in [0.4, 0.5) is 5.82 Å². The van der Waals surface area contributed by atoms with Gasteiger partial charge in [0.2, 0.25) is 0 Å². The quantitative estimate of drug-likeness (QED) is 0.849. The minimum atomic E-state index is -3.29. The topological polar surface area (TPSA) is 114 Å². The van der Waals surface area contributed by atoms with Gasteiger partial charge in [-0.3, -0.25) is 13.9 Å². The smallest absolute Gasteiger partial charge is 0.332 e. The van der Waals surface area contributed by atoms with Gasteiger partial charge in [0.15, 0.2) is 15.4 Å². The monoisotopic (exact) mass is 362 g/mol. The van der Waals surface area contributed by atoms with Crippen molar-refractivity contribution in [1.82, 2.24) is 9.13 Å². The van der Waals surface area contributed by atoms with E-state index in [0.717, 1.165) is 16.4 Å². The molecule has 0 aliphatic rings. The van der Waals surface area contributed by atoms with Gasteiger partial charge in [0.1, 0.15) is 11.9 Å². The van der Waals surface area contributed by atoms with Crippen LogP contribution in [0, 0.1) is 11.3 Å². The van der Waals surface area contributed by atoms with Gasteiger partial charge in [0.05, 0.1) is 4.90 Å². The van der Waals surface area contributed by atoms with Gasteiger partial charge in [-0.1, -0.05) is 12.1 Å². The van der Waals surface area contributed by atoms with E-state index in [0.29, 0.717) is 0 Å². The van der Waals surface area contributed by atoms with Crippen LogP contribution < -0.4 is 16.6 Å². The Morgan fingerprint density at radius 2 is 1.68 bits per heavy atom. The first-order valence-corrected chi connectivity index (χ1v) is 9.23. The van der Waals surface area contributed by atoms with Gasteiger partial charge in [-0.15, -0.1) is 0 Å². The average Bonchev–Trinajstić information content (AvgIpc) is 2.57. The molecule has 1 heterocycles. The van der Waals surface area contributed by atoms with Crippen molar-refractivity contribution in [1.29, 1.82) is 5.26 Å². The largest absolute Gasteiger partial charge is 0.364 e. The standard InChI is InChI=1S/C16H18N4O4S/c1-10(11-5-7-12(8-6-11)25(4,23)24)18-14-13(9-17)15(21)20(3)16(22)19(14)2/h5-8,10,18H,1-4H3/t10-/m1/s1. The molecule has 0 bridgehead atoms. The first kappa shape index (κ1) is 18.5. The summed E-state index contributed by atoms with van der Waals surface area (Å²) in [5, 5.41) is 12.3. The number of hydrogen-bond donors (Lipinski definition) is 1. The number of nitriles is 1. The number of nitrogens with one attached hydrogen (secondary N) is 1. The Kier molecular flexibility index (Phi) is 4.85. The minimum absolute atomic E-state index is 0.121. The van der Waals surface area contributed by atoms with Crippen LogP contribution in [0.1, 0.15) is 24.1 Å². The molecule has 1 N–H and O–H groups in total. The van der Waals surface area contributed by atoms with Crippen LogP contribution in [0.2, 0.25) is 0 Å². The van der Waals surface area contributed by atoms with Crippen molar-refractivity contribution in [2.24, 2.45) is 14.1 Å². The van der Waals surface area contributed by atoms with Crippen LogP contribution in [0.5, 0.6) is 0 Å². The van der Waals surface area contributed by atoms with Gasteiger partial charge in [0, 0.05) is 26.4 Å². The van der Waals surface area contributed by atoms with E-state index in [4.69, 9.17) is 0 Å². The highest BCUT2D eigenvalue weighted by Gasteiger charge is 2.18. The molecule has 0 aliphatic heterocycles. The maximum atomic E-state index is 12.1. The van der Waals surface area contributed by atoms with E-state index in [2.05, 4.69) is 5.32 Å². The molecule has 0 aliphatic carbocycles. The molecule has 0 saturated carbocycles. The molecule has 0 fully saturated rings. The first-order chi connectivity index (χ1) is 11.6. The fraction of sp³-hybridized carbons (Fsp3) is 0.312. The van der Waals surface area contributed by atoms with Crippen molar-refractivity contribution in [3.8, 4) is 6.07 Å². The highest BCUT2D eigenvalue weighted by molar-refractivity contribution is 7.90. The Balaban J connectivity index is 2.45. The van der Waals surface area contributed by atoms with E-state index in [-0.39, 0.29) is 22.3 Å². The fourth-order valence-corrected chi connectivity index (χ4v) is 3.04. The summed E-state index contributed by atoms with van der Waals surface area (Å²) < 4.78 is 25.1. The zero-order valence-electron chi connectivity index (χ0n) is 14.3. The number of rotatable bonds is 4. The van der Waals surface area contributed by atoms with E-state index in [9.17, 15) is 23.3 Å². The fourth-order valence-electron chi connectivity index (χ4n) is 2.41. The molecule has 0 radical (unpaired) electrons. The van der Waals surface area contributed by atoms with E-state index in [1.165, 1.54) is 30.8 Å². The van der Waals surface area contributed by atoms with Gasteiger partial charge in [0.25, 0.3) is 5.56 Å². The lowest BCUT2D eigenvalue weighted by Crippen LogP contribution is -2.40. The third-order valence-electron chi connectivity index (χ3n) is 3.94. The van der Waals surface area contributed by atoms with E-state index >= 15 is 0 Å². The number of hydrogen-bond acceptors (Lipinski definition) is 6. The molecule has 1 atom stereocenters. The Morgan fingerprint density at radius 3 is 2.16 bits per heavy atom. The number of benzene rings is 1. The molecule has 2 aromatic rings. The van der Waals surface area contributed by atoms with Crippen molar-refractivity contribution < 1.29 is 8.42 Å². The molecule has 1 aromatic carbocycles. The van der Waals surface area contributed by atoms with Crippen molar-refractivity contribution in [2.45, 2.75) is 17.9 Å². The Labute approximate surface area is 144 Å². The molecule has 25 heavy (non-hydrogen) atoms. The average molecular weight is 362 g/mol. The van der Waals surface area contributed by atoms with Crippen LogP contribution in [-0.2, 0) is 23.9 Å². The van der Waals surface area contributed by atoms with Gasteiger partial charge in [-0.25, -0.2) is 13.2 Å². The second-order valence-electron chi connectivity index (χ2n) is 5.75. The van der Waals surface area contributed by atoms with Crippen molar-refractivity contribution in [2.75, 3.05) is 11.6 Å². The molecule has 8 nitrogen and oxygen atoms in total. The molecule has 132 valence electrons. The van der Waals surface area contributed by atoms with E-state index in [1.54, 1.807) is 19.1 Å². The number of anilines is 1. The van der Waals surface area contributed by atoms with Gasteiger partial charge in [-0.2, -0.15) is 5.26 Å². The number of sulfone groups is 1. The molecule has 9 heteroatoms. The van der Waals surface area contributed by atoms with Crippen LogP contribution >= 0.6 is 0 Å². The number of aromatic nitrogens is 2. The van der Waals surface area contributed by atoms with E-state index < -0.39 is 21.1 Å². The summed E-state index contributed by atoms with van der Waals surface area (Å²) in [4.78, 5) is 24.3. The predicted molar refractivity (Wildman–Crippen MR) is 93.2 cm³/mol. The molecule has 0 unspecified atom stereocenters. The SMILES string of the molecule is C[C@@H](Nc1c(C#N)c(=O)n(C)c(=O)n1C)c1ccc(S(C)(=O)=O)cc1. The lowest BCUT2D eigenvalue weighted by molar-refractivity contribution is 0.602. The van der Waals surface area contributed by atoms with Crippen molar-refractivity contribution in [3.63, 3.8) is 0 Å². The maximum absolute atomic E-state index is 12.1. The third kappa shape index (κ3) is 3.49. The molecule has 0 spiro atoms. The Morgan fingerprint density at radius 1 is 1.12 bits per heavy atom. The van der Waals surface area contributed by atoms with Crippen LogP contribution in [0.15, 0.2) is 38.8 Å². The van der Waals surface area contributed by atoms with E-state index in [1.807, 2.05) is 6.07 Å². The summed E-state index contributed by atoms with van der Waals surface area (Å²) in [6, 6.07) is 7.70. The lowest BCUT2D eigenvalue weighted by atomic mass is 10.1. The molecular formula is C16H18N4O4S. The predicted octanol–water partition coefficient (Wildman–Crippen LogP) is 0.532.